The van der Waals surface area contributed by atoms with Gasteiger partial charge in [0, 0.05) is 23.7 Å². The van der Waals surface area contributed by atoms with Crippen LogP contribution in [0.1, 0.15) is 18.1 Å². The SMILES string of the molecule is CCNCc1ccc(-c2cc(C)c(F)cc2F)c(F)c1. The predicted octanol–water partition coefficient (Wildman–Crippen LogP) is 4.19. The molecule has 106 valence electrons. The summed E-state index contributed by atoms with van der Waals surface area (Å²) in [5.74, 6) is -1.90. The van der Waals surface area contributed by atoms with Gasteiger partial charge in [0.1, 0.15) is 17.5 Å². The second-order valence-electron chi connectivity index (χ2n) is 4.68. The second-order valence-corrected chi connectivity index (χ2v) is 4.68. The van der Waals surface area contributed by atoms with Crippen LogP contribution in [0.15, 0.2) is 30.3 Å². The highest BCUT2D eigenvalue weighted by atomic mass is 19.1. The summed E-state index contributed by atoms with van der Waals surface area (Å²) in [5.41, 5.74) is 1.30. The molecule has 0 saturated heterocycles. The molecule has 0 saturated carbocycles. The van der Waals surface area contributed by atoms with E-state index in [1.54, 1.807) is 6.07 Å². The Hall–Kier alpha value is -1.81. The molecule has 0 amide bonds. The van der Waals surface area contributed by atoms with Gasteiger partial charge in [0.05, 0.1) is 0 Å². The van der Waals surface area contributed by atoms with Crippen LogP contribution in [0.25, 0.3) is 11.1 Å². The van der Waals surface area contributed by atoms with Crippen LogP contribution in [-0.4, -0.2) is 6.54 Å². The van der Waals surface area contributed by atoms with Crippen molar-refractivity contribution in [3.63, 3.8) is 0 Å². The zero-order valence-electron chi connectivity index (χ0n) is 11.4. The van der Waals surface area contributed by atoms with Gasteiger partial charge in [-0.05, 0) is 36.7 Å². The topological polar surface area (TPSA) is 12.0 Å². The number of hydrogen-bond donors (Lipinski definition) is 1. The van der Waals surface area contributed by atoms with Gasteiger partial charge in [-0.1, -0.05) is 19.1 Å². The van der Waals surface area contributed by atoms with Gasteiger partial charge in [0.15, 0.2) is 0 Å². The molecule has 1 N–H and O–H groups in total. The number of hydrogen-bond acceptors (Lipinski definition) is 1. The van der Waals surface area contributed by atoms with E-state index in [1.807, 2.05) is 6.92 Å². The van der Waals surface area contributed by atoms with Crippen molar-refractivity contribution in [3.8, 4) is 11.1 Å². The molecule has 2 aromatic carbocycles. The monoisotopic (exact) mass is 279 g/mol. The first kappa shape index (κ1) is 14.6. The third-order valence-electron chi connectivity index (χ3n) is 3.15. The third-order valence-corrected chi connectivity index (χ3v) is 3.15. The molecule has 20 heavy (non-hydrogen) atoms. The predicted molar refractivity (Wildman–Crippen MR) is 73.9 cm³/mol. The van der Waals surface area contributed by atoms with Crippen molar-refractivity contribution in [2.24, 2.45) is 0 Å². The van der Waals surface area contributed by atoms with Crippen LogP contribution < -0.4 is 5.32 Å². The molecule has 0 radical (unpaired) electrons. The summed E-state index contributed by atoms with van der Waals surface area (Å²) in [5, 5.41) is 3.09. The van der Waals surface area contributed by atoms with E-state index in [1.165, 1.54) is 25.1 Å². The average Bonchev–Trinajstić information content (AvgIpc) is 2.41. The van der Waals surface area contributed by atoms with Crippen LogP contribution >= 0.6 is 0 Å². The fraction of sp³-hybridized carbons (Fsp3) is 0.250. The minimum atomic E-state index is -0.758. The summed E-state index contributed by atoms with van der Waals surface area (Å²) >= 11 is 0. The highest BCUT2D eigenvalue weighted by Crippen LogP contribution is 2.28. The molecule has 0 spiro atoms. The number of benzene rings is 2. The van der Waals surface area contributed by atoms with Gasteiger partial charge in [-0.2, -0.15) is 0 Å². The molecule has 2 aromatic rings. The van der Waals surface area contributed by atoms with Crippen LogP contribution in [0.3, 0.4) is 0 Å². The van der Waals surface area contributed by atoms with Gasteiger partial charge < -0.3 is 5.32 Å². The fourth-order valence-electron chi connectivity index (χ4n) is 2.02. The molecule has 0 aliphatic carbocycles. The summed E-state index contributed by atoms with van der Waals surface area (Å²) in [6.07, 6.45) is 0. The molecule has 0 unspecified atom stereocenters. The van der Waals surface area contributed by atoms with Crippen molar-refractivity contribution in [1.82, 2.24) is 5.32 Å². The lowest BCUT2D eigenvalue weighted by molar-refractivity contribution is 0.577. The number of halogens is 3. The molecule has 0 aromatic heterocycles. The highest BCUT2D eigenvalue weighted by Gasteiger charge is 2.13. The van der Waals surface area contributed by atoms with Crippen molar-refractivity contribution < 1.29 is 13.2 Å². The van der Waals surface area contributed by atoms with Crippen molar-refractivity contribution in [2.45, 2.75) is 20.4 Å². The molecule has 0 aliphatic rings. The van der Waals surface area contributed by atoms with Crippen LogP contribution in [0.2, 0.25) is 0 Å². The zero-order valence-corrected chi connectivity index (χ0v) is 11.4. The van der Waals surface area contributed by atoms with Gasteiger partial charge in [0.25, 0.3) is 0 Å². The third kappa shape index (κ3) is 3.02. The summed E-state index contributed by atoms with van der Waals surface area (Å²) in [4.78, 5) is 0. The average molecular weight is 279 g/mol. The van der Waals surface area contributed by atoms with Gasteiger partial charge in [-0.15, -0.1) is 0 Å². The Balaban J connectivity index is 2.41. The lowest BCUT2D eigenvalue weighted by atomic mass is 10.0. The number of aryl methyl sites for hydroxylation is 1. The van der Waals surface area contributed by atoms with Crippen molar-refractivity contribution in [3.05, 3.63) is 58.9 Å². The minimum Gasteiger partial charge on any atom is -0.313 e. The van der Waals surface area contributed by atoms with Gasteiger partial charge >= 0.3 is 0 Å². The van der Waals surface area contributed by atoms with E-state index in [-0.39, 0.29) is 16.7 Å². The summed E-state index contributed by atoms with van der Waals surface area (Å²) < 4.78 is 41.1. The smallest absolute Gasteiger partial charge is 0.134 e. The lowest BCUT2D eigenvalue weighted by Crippen LogP contribution is -2.11. The summed E-state index contributed by atoms with van der Waals surface area (Å²) in [7, 11) is 0. The maximum absolute atomic E-state index is 14.1. The standard InChI is InChI=1S/C16H16F3N/c1-3-20-9-11-4-5-12(15(18)7-11)13-6-10(2)14(17)8-16(13)19/h4-8,20H,3,9H2,1-2H3. The number of rotatable bonds is 4. The quantitative estimate of drug-likeness (QED) is 0.885. The van der Waals surface area contributed by atoms with E-state index in [2.05, 4.69) is 5.32 Å². The molecule has 2 rings (SSSR count). The molecule has 0 aliphatic heterocycles. The van der Waals surface area contributed by atoms with Crippen LogP contribution in [-0.2, 0) is 6.54 Å². The second kappa shape index (κ2) is 6.09. The zero-order chi connectivity index (χ0) is 14.7. The van der Waals surface area contributed by atoms with Gasteiger partial charge in [0.2, 0.25) is 0 Å². The molecule has 0 bridgehead atoms. The molecule has 4 heteroatoms. The van der Waals surface area contributed by atoms with E-state index in [0.717, 1.165) is 18.2 Å². The van der Waals surface area contributed by atoms with Crippen LogP contribution in [0, 0.1) is 24.4 Å². The summed E-state index contributed by atoms with van der Waals surface area (Å²) in [6.45, 7) is 4.82. The minimum absolute atomic E-state index is 0.0800. The molecule has 1 nitrogen and oxygen atoms in total. The molecule has 0 fully saturated rings. The maximum Gasteiger partial charge on any atom is 0.134 e. The Bertz CT molecular complexity index is 623. The molecular formula is C16H16F3N. The molecule has 0 atom stereocenters. The van der Waals surface area contributed by atoms with Crippen molar-refractivity contribution in [2.75, 3.05) is 6.54 Å². The fourth-order valence-corrected chi connectivity index (χ4v) is 2.02. The van der Waals surface area contributed by atoms with E-state index in [4.69, 9.17) is 0 Å². The summed E-state index contributed by atoms with van der Waals surface area (Å²) in [6, 6.07) is 6.75. The Morgan fingerprint density at radius 2 is 1.60 bits per heavy atom. The van der Waals surface area contributed by atoms with E-state index in [9.17, 15) is 13.2 Å². The van der Waals surface area contributed by atoms with Crippen LogP contribution in [0.4, 0.5) is 13.2 Å². The Morgan fingerprint density at radius 3 is 2.25 bits per heavy atom. The van der Waals surface area contributed by atoms with E-state index >= 15 is 0 Å². The van der Waals surface area contributed by atoms with Crippen molar-refractivity contribution >= 4 is 0 Å². The normalized spacial score (nSPS) is 10.8. The van der Waals surface area contributed by atoms with Crippen LogP contribution in [0.5, 0.6) is 0 Å². The maximum atomic E-state index is 14.1. The Kier molecular flexibility index (Phi) is 4.45. The van der Waals surface area contributed by atoms with E-state index < -0.39 is 17.5 Å². The molecular weight excluding hydrogens is 263 g/mol. The molecule has 0 heterocycles. The van der Waals surface area contributed by atoms with Crippen molar-refractivity contribution in [1.29, 1.82) is 0 Å². The van der Waals surface area contributed by atoms with Gasteiger partial charge in [-0.25, -0.2) is 13.2 Å². The first-order valence-corrected chi connectivity index (χ1v) is 6.48. The first-order chi connectivity index (χ1) is 9.52. The lowest BCUT2D eigenvalue weighted by Gasteiger charge is -2.09. The van der Waals surface area contributed by atoms with E-state index in [0.29, 0.717) is 6.54 Å². The first-order valence-electron chi connectivity index (χ1n) is 6.48. The van der Waals surface area contributed by atoms with Gasteiger partial charge in [-0.3, -0.25) is 0 Å². The highest BCUT2D eigenvalue weighted by molar-refractivity contribution is 5.66. The Labute approximate surface area is 116 Å². The largest absolute Gasteiger partial charge is 0.313 e. The Morgan fingerprint density at radius 1 is 0.900 bits per heavy atom. The number of nitrogens with one attached hydrogen (secondary N) is 1.